The van der Waals surface area contributed by atoms with Gasteiger partial charge < -0.3 is 20.1 Å². The summed E-state index contributed by atoms with van der Waals surface area (Å²) in [6.07, 6.45) is 0. The number of hydrogen-bond acceptors (Lipinski definition) is 4. The summed E-state index contributed by atoms with van der Waals surface area (Å²) in [6.45, 7) is 2.72. The van der Waals surface area contributed by atoms with Gasteiger partial charge in [0.1, 0.15) is 0 Å². The number of aliphatic hydroxyl groups is 1. The Morgan fingerprint density at radius 2 is 2.17 bits per heavy atom. The standard InChI is InChI=1S/C13H21BrN2O2/c1-15-10-11-3-4-12(14)9-13(11)16(2)5-7-18-8-6-17/h3-4,9,15,17H,5-8,10H2,1-2H3. The summed E-state index contributed by atoms with van der Waals surface area (Å²) in [7, 11) is 3.99. The van der Waals surface area contributed by atoms with Gasteiger partial charge in [0.05, 0.1) is 19.8 Å². The summed E-state index contributed by atoms with van der Waals surface area (Å²) in [5, 5.41) is 11.8. The van der Waals surface area contributed by atoms with E-state index < -0.39 is 0 Å². The molecule has 1 aromatic carbocycles. The lowest BCUT2D eigenvalue weighted by molar-refractivity contribution is 0.0971. The Morgan fingerprint density at radius 1 is 1.39 bits per heavy atom. The van der Waals surface area contributed by atoms with E-state index >= 15 is 0 Å². The van der Waals surface area contributed by atoms with Crippen molar-refractivity contribution in [2.45, 2.75) is 6.54 Å². The van der Waals surface area contributed by atoms with Gasteiger partial charge in [0.15, 0.2) is 0 Å². The van der Waals surface area contributed by atoms with E-state index in [1.807, 2.05) is 20.2 Å². The Morgan fingerprint density at radius 3 is 2.83 bits per heavy atom. The van der Waals surface area contributed by atoms with Crippen LogP contribution in [-0.2, 0) is 11.3 Å². The number of anilines is 1. The summed E-state index contributed by atoms with van der Waals surface area (Å²) in [5.41, 5.74) is 2.44. The van der Waals surface area contributed by atoms with Crippen molar-refractivity contribution in [2.24, 2.45) is 0 Å². The summed E-state index contributed by atoms with van der Waals surface area (Å²) < 4.78 is 6.36. The fraction of sp³-hybridized carbons (Fsp3) is 0.538. The maximum absolute atomic E-state index is 8.65. The molecule has 0 heterocycles. The minimum atomic E-state index is 0.0750. The number of nitrogens with zero attached hydrogens (tertiary/aromatic N) is 1. The van der Waals surface area contributed by atoms with E-state index in [0.717, 1.165) is 17.6 Å². The van der Waals surface area contributed by atoms with Crippen LogP contribution in [0.5, 0.6) is 0 Å². The number of nitrogens with one attached hydrogen (secondary N) is 1. The van der Waals surface area contributed by atoms with Gasteiger partial charge >= 0.3 is 0 Å². The third-order valence-corrected chi connectivity index (χ3v) is 3.13. The second kappa shape index (κ2) is 8.48. The molecule has 1 aromatic rings. The normalized spacial score (nSPS) is 10.7. The fourth-order valence-electron chi connectivity index (χ4n) is 1.72. The molecule has 2 N–H and O–H groups in total. The van der Waals surface area contributed by atoms with E-state index in [0.29, 0.717) is 13.2 Å². The molecule has 0 unspecified atom stereocenters. The van der Waals surface area contributed by atoms with Crippen LogP contribution in [0.2, 0.25) is 0 Å². The Balaban J connectivity index is 2.64. The first-order chi connectivity index (χ1) is 8.69. The Labute approximate surface area is 117 Å². The molecular weight excluding hydrogens is 296 g/mol. The van der Waals surface area contributed by atoms with E-state index in [2.05, 4.69) is 38.3 Å². The molecule has 0 aliphatic carbocycles. The molecule has 0 aliphatic rings. The third-order valence-electron chi connectivity index (χ3n) is 2.63. The summed E-state index contributed by atoms with van der Waals surface area (Å²) in [4.78, 5) is 2.16. The predicted molar refractivity (Wildman–Crippen MR) is 78.1 cm³/mol. The van der Waals surface area contributed by atoms with Crippen LogP contribution in [0.1, 0.15) is 5.56 Å². The van der Waals surface area contributed by atoms with E-state index in [9.17, 15) is 0 Å². The SMILES string of the molecule is CNCc1ccc(Br)cc1N(C)CCOCCO. The molecular formula is C13H21BrN2O2. The quantitative estimate of drug-likeness (QED) is 0.715. The number of hydrogen-bond donors (Lipinski definition) is 2. The molecule has 0 aromatic heterocycles. The maximum Gasteiger partial charge on any atom is 0.0698 e. The van der Waals surface area contributed by atoms with Gasteiger partial charge in [0.25, 0.3) is 0 Å². The minimum Gasteiger partial charge on any atom is -0.394 e. The van der Waals surface area contributed by atoms with Crippen molar-refractivity contribution in [1.29, 1.82) is 0 Å². The molecule has 102 valence electrons. The number of benzene rings is 1. The second-order valence-electron chi connectivity index (χ2n) is 4.06. The Kier molecular flexibility index (Phi) is 7.27. The number of rotatable bonds is 8. The van der Waals surface area contributed by atoms with Gasteiger partial charge in [-0.15, -0.1) is 0 Å². The number of halogens is 1. The topological polar surface area (TPSA) is 44.7 Å². The van der Waals surface area contributed by atoms with Gasteiger partial charge in [-0.3, -0.25) is 0 Å². The summed E-state index contributed by atoms with van der Waals surface area (Å²) in [5.74, 6) is 0. The minimum absolute atomic E-state index is 0.0750. The zero-order valence-electron chi connectivity index (χ0n) is 10.9. The predicted octanol–water partition coefficient (Wildman–Crippen LogP) is 1.61. The number of aliphatic hydroxyl groups excluding tert-OH is 1. The molecule has 0 fully saturated rings. The zero-order valence-corrected chi connectivity index (χ0v) is 12.5. The Bertz CT molecular complexity index is 361. The highest BCUT2D eigenvalue weighted by molar-refractivity contribution is 9.10. The van der Waals surface area contributed by atoms with Crippen molar-refractivity contribution in [1.82, 2.24) is 5.32 Å². The number of likely N-dealkylation sites (N-methyl/N-ethyl adjacent to an activating group) is 1. The van der Waals surface area contributed by atoms with Gasteiger partial charge in [-0.25, -0.2) is 0 Å². The van der Waals surface area contributed by atoms with Crippen molar-refractivity contribution in [3.8, 4) is 0 Å². The van der Waals surface area contributed by atoms with Gasteiger partial charge in [0.2, 0.25) is 0 Å². The second-order valence-corrected chi connectivity index (χ2v) is 4.98. The summed E-state index contributed by atoms with van der Waals surface area (Å²) >= 11 is 3.50. The van der Waals surface area contributed by atoms with Gasteiger partial charge in [-0.1, -0.05) is 22.0 Å². The van der Waals surface area contributed by atoms with Crippen LogP contribution in [0, 0.1) is 0 Å². The van der Waals surface area contributed by atoms with Crippen molar-refractivity contribution in [2.75, 3.05) is 45.4 Å². The molecule has 0 radical (unpaired) electrons. The van der Waals surface area contributed by atoms with Crippen LogP contribution in [0.15, 0.2) is 22.7 Å². The molecule has 0 saturated heterocycles. The van der Waals surface area contributed by atoms with Crippen molar-refractivity contribution >= 4 is 21.6 Å². The highest BCUT2D eigenvalue weighted by Crippen LogP contribution is 2.24. The first-order valence-electron chi connectivity index (χ1n) is 6.01. The lowest BCUT2D eigenvalue weighted by Crippen LogP contribution is -2.25. The monoisotopic (exact) mass is 316 g/mol. The third kappa shape index (κ3) is 4.94. The molecule has 5 heteroatoms. The van der Waals surface area contributed by atoms with Crippen molar-refractivity contribution in [3.63, 3.8) is 0 Å². The van der Waals surface area contributed by atoms with Crippen LogP contribution < -0.4 is 10.2 Å². The molecule has 0 atom stereocenters. The highest BCUT2D eigenvalue weighted by Gasteiger charge is 2.07. The molecule has 0 aliphatic heterocycles. The number of ether oxygens (including phenoxy) is 1. The molecule has 0 saturated carbocycles. The van der Waals surface area contributed by atoms with E-state index in [-0.39, 0.29) is 6.61 Å². The van der Waals surface area contributed by atoms with Crippen molar-refractivity contribution < 1.29 is 9.84 Å². The molecule has 0 spiro atoms. The van der Waals surface area contributed by atoms with Crippen LogP contribution in [0.4, 0.5) is 5.69 Å². The van der Waals surface area contributed by atoms with Gasteiger partial charge in [-0.2, -0.15) is 0 Å². The summed E-state index contributed by atoms with van der Waals surface area (Å²) in [6, 6.07) is 6.27. The zero-order chi connectivity index (χ0) is 13.4. The van der Waals surface area contributed by atoms with Crippen LogP contribution in [-0.4, -0.2) is 45.6 Å². The average molecular weight is 317 g/mol. The average Bonchev–Trinajstić information content (AvgIpc) is 2.37. The largest absolute Gasteiger partial charge is 0.394 e. The van der Waals surface area contributed by atoms with Crippen LogP contribution in [0.3, 0.4) is 0 Å². The first-order valence-corrected chi connectivity index (χ1v) is 6.81. The van der Waals surface area contributed by atoms with E-state index in [1.165, 1.54) is 11.3 Å². The fourth-order valence-corrected chi connectivity index (χ4v) is 2.07. The highest BCUT2D eigenvalue weighted by atomic mass is 79.9. The van der Waals surface area contributed by atoms with Crippen LogP contribution in [0.25, 0.3) is 0 Å². The Hall–Kier alpha value is -0.620. The van der Waals surface area contributed by atoms with Crippen molar-refractivity contribution in [3.05, 3.63) is 28.2 Å². The maximum atomic E-state index is 8.65. The van der Waals surface area contributed by atoms with Gasteiger partial charge in [-0.05, 0) is 24.7 Å². The first kappa shape index (κ1) is 15.4. The van der Waals surface area contributed by atoms with E-state index in [4.69, 9.17) is 9.84 Å². The molecule has 0 bridgehead atoms. The molecule has 4 nitrogen and oxygen atoms in total. The molecule has 0 amide bonds. The van der Waals surface area contributed by atoms with Crippen LogP contribution >= 0.6 is 15.9 Å². The van der Waals surface area contributed by atoms with E-state index in [1.54, 1.807) is 0 Å². The van der Waals surface area contributed by atoms with Gasteiger partial charge in [0, 0.05) is 30.3 Å². The lowest BCUT2D eigenvalue weighted by atomic mass is 10.1. The smallest absolute Gasteiger partial charge is 0.0698 e. The lowest BCUT2D eigenvalue weighted by Gasteiger charge is -2.22. The molecule has 18 heavy (non-hydrogen) atoms. The molecule has 1 rings (SSSR count).